The molecule has 0 aliphatic carbocycles. The number of unbranched alkanes of at least 4 members (excludes halogenated alkanes) is 5. The average Bonchev–Trinajstić information content (AvgIpc) is 2.57. The van der Waals surface area contributed by atoms with Crippen molar-refractivity contribution in [3.05, 3.63) is 35.9 Å². The topological polar surface area (TPSA) is 69.6 Å². The molecule has 0 heterocycles. The molecule has 5 nitrogen and oxygen atoms in total. The summed E-state index contributed by atoms with van der Waals surface area (Å²) in [5, 5.41) is 11.8. The van der Waals surface area contributed by atoms with Gasteiger partial charge >= 0.3 is 5.97 Å². The number of amides is 1. The van der Waals surface area contributed by atoms with E-state index in [-0.39, 0.29) is 18.4 Å². The van der Waals surface area contributed by atoms with Gasteiger partial charge < -0.3 is 15.3 Å². The summed E-state index contributed by atoms with van der Waals surface area (Å²) in [5.74, 6) is -0.921. The highest BCUT2D eigenvalue weighted by Gasteiger charge is 2.16. The zero-order chi connectivity index (χ0) is 19.2. The van der Waals surface area contributed by atoms with Crippen molar-refractivity contribution >= 4 is 11.9 Å². The number of aliphatic carboxylic acids is 1. The van der Waals surface area contributed by atoms with Gasteiger partial charge in [0.2, 0.25) is 5.91 Å². The van der Waals surface area contributed by atoms with Crippen molar-refractivity contribution in [2.75, 3.05) is 20.6 Å². The smallest absolute Gasteiger partial charge is 0.305 e. The number of hydrogen-bond acceptors (Lipinski definition) is 3. The molecule has 5 heteroatoms. The Morgan fingerprint density at radius 3 is 2.23 bits per heavy atom. The number of carboxylic acid groups (broad SMARTS) is 1. The summed E-state index contributed by atoms with van der Waals surface area (Å²) in [4.78, 5) is 24.8. The maximum absolute atomic E-state index is 12.0. The molecule has 0 saturated carbocycles. The third-order valence-electron chi connectivity index (χ3n) is 4.33. The second kappa shape index (κ2) is 13.3. The van der Waals surface area contributed by atoms with Gasteiger partial charge in [-0.05, 0) is 38.9 Å². The van der Waals surface area contributed by atoms with Crippen molar-refractivity contribution in [1.82, 2.24) is 10.2 Å². The van der Waals surface area contributed by atoms with Gasteiger partial charge in [0.15, 0.2) is 0 Å². The lowest BCUT2D eigenvalue weighted by Crippen LogP contribution is -2.42. The monoisotopic (exact) mass is 362 g/mol. The van der Waals surface area contributed by atoms with E-state index < -0.39 is 5.97 Å². The second-order valence-electron chi connectivity index (χ2n) is 7.23. The molecule has 26 heavy (non-hydrogen) atoms. The maximum atomic E-state index is 12.0. The van der Waals surface area contributed by atoms with Gasteiger partial charge in [-0.25, -0.2) is 0 Å². The van der Waals surface area contributed by atoms with Gasteiger partial charge in [0, 0.05) is 13.0 Å². The first-order valence-corrected chi connectivity index (χ1v) is 9.67. The predicted octanol–water partition coefficient (Wildman–Crippen LogP) is 3.48. The lowest BCUT2D eigenvalue weighted by Gasteiger charge is -2.20. The summed E-state index contributed by atoms with van der Waals surface area (Å²) in [6, 6.07) is 10.2. The van der Waals surface area contributed by atoms with Crippen LogP contribution in [0.15, 0.2) is 30.3 Å². The number of benzene rings is 1. The van der Waals surface area contributed by atoms with Crippen LogP contribution >= 0.6 is 0 Å². The summed E-state index contributed by atoms with van der Waals surface area (Å²) in [7, 11) is 3.75. The molecule has 0 bridgehead atoms. The zero-order valence-electron chi connectivity index (χ0n) is 16.2. The minimum atomic E-state index is -0.882. The van der Waals surface area contributed by atoms with Crippen molar-refractivity contribution < 1.29 is 14.7 Å². The number of carboxylic acids is 1. The number of nitrogens with one attached hydrogen (secondary N) is 1. The molecule has 2 N–H and O–H groups in total. The lowest BCUT2D eigenvalue weighted by atomic mass is 10.0. The number of nitrogens with zero attached hydrogens (tertiary/aromatic N) is 1. The summed E-state index contributed by atoms with van der Waals surface area (Å²) in [6.45, 7) is 0.541. The van der Waals surface area contributed by atoms with E-state index in [2.05, 4.69) is 29.6 Å². The van der Waals surface area contributed by atoms with Crippen molar-refractivity contribution in [3.63, 3.8) is 0 Å². The van der Waals surface area contributed by atoms with E-state index >= 15 is 0 Å². The Hall–Kier alpha value is -1.88. The Kier molecular flexibility index (Phi) is 11.4. The average molecular weight is 363 g/mol. The Bertz CT molecular complexity index is 517. The predicted molar refractivity (Wildman–Crippen MR) is 105 cm³/mol. The van der Waals surface area contributed by atoms with Crippen LogP contribution < -0.4 is 5.32 Å². The van der Waals surface area contributed by atoms with Crippen molar-refractivity contribution in [3.8, 4) is 0 Å². The highest BCUT2D eigenvalue weighted by Crippen LogP contribution is 2.10. The summed E-state index contributed by atoms with van der Waals surface area (Å²) < 4.78 is 0. The zero-order valence-corrected chi connectivity index (χ0v) is 16.2. The Balaban J connectivity index is 2.05. The standard InChI is InChI=1S/C21H34N2O3/c1-23(2)17-19(16-21(25)26)22-20(24)15-11-6-4-3-5-8-12-18-13-9-7-10-14-18/h7,9-10,13-14,19H,3-6,8,11-12,15-17H2,1-2H3,(H,22,24)(H,25,26)/t19-/m1/s1. The molecule has 1 aromatic carbocycles. The van der Waals surface area contributed by atoms with E-state index in [0.717, 1.165) is 25.7 Å². The summed E-state index contributed by atoms with van der Waals surface area (Å²) in [5.41, 5.74) is 1.40. The van der Waals surface area contributed by atoms with Gasteiger partial charge in [-0.15, -0.1) is 0 Å². The van der Waals surface area contributed by atoms with Crippen molar-refractivity contribution in [2.45, 2.75) is 63.8 Å². The first-order chi connectivity index (χ1) is 12.5. The van der Waals surface area contributed by atoms with E-state index in [1.54, 1.807) is 0 Å². The molecule has 0 aromatic heterocycles. The minimum absolute atomic E-state index is 0.0364. The van der Waals surface area contributed by atoms with Crippen LogP contribution in [0.2, 0.25) is 0 Å². The molecular weight excluding hydrogens is 328 g/mol. The highest BCUT2D eigenvalue weighted by molar-refractivity contribution is 5.77. The van der Waals surface area contributed by atoms with Crippen molar-refractivity contribution in [2.24, 2.45) is 0 Å². The number of hydrogen-bond donors (Lipinski definition) is 2. The van der Waals surface area contributed by atoms with Gasteiger partial charge in [0.1, 0.15) is 0 Å². The SMILES string of the molecule is CN(C)C[C@@H](CC(=O)O)NC(=O)CCCCCCCCc1ccccc1. The first kappa shape index (κ1) is 22.2. The largest absolute Gasteiger partial charge is 0.481 e. The molecule has 0 saturated heterocycles. The first-order valence-electron chi connectivity index (χ1n) is 9.67. The molecule has 1 atom stereocenters. The van der Waals surface area contributed by atoms with Gasteiger partial charge in [0.05, 0.1) is 12.5 Å². The molecule has 0 radical (unpaired) electrons. The number of carbonyl (C=O) groups is 2. The van der Waals surface area contributed by atoms with E-state index in [1.165, 1.54) is 24.8 Å². The minimum Gasteiger partial charge on any atom is -0.481 e. The fraction of sp³-hybridized carbons (Fsp3) is 0.619. The van der Waals surface area contributed by atoms with Crippen LogP contribution in [0.1, 0.15) is 56.9 Å². The third-order valence-corrected chi connectivity index (χ3v) is 4.33. The van der Waals surface area contributed by atoms with Gasteiger partial charge in [-0.2, -0.15) is 0 Å². The van der Waals surface area contributed by atoms with E-state index in [4.69, 9.17) is 5.11 Å². The number of likely N-dealkylation sites (N-methyl/N-ethyl adjacent to an activating group) is 1. The van der Waals surface area contributed by atoms with Crippen LogP contribution in [-0.4, -0.2) is 48.6 Å². The van der Waals surface area contributed by atoms with Crippen LogP contribution in [0.3, 0.4) is 0 Å². The van der Waals surface area contributed by atoms with Crippen LogP contribution in [-0.2, 0) is 16.0 Å². The molecule has 1 amide bonds. The second-order valence-corrected chi connectivity index (χ2v) is 7.23. The number of aryl methyl sites for hydroxylation is 1. The molecule has 1 rings (SSSR count). The quantitative estimate of drug-likeness (QED) is 0.497. The fourth-order valence-corrected chi connectivity index (χ4v) is 3.08. The highest BCUT2D eigenvalue weighted by atomic mass is 16.4. The van der Waals surface area contributed by atoms with Crippen molar-refractivity contribution in [1.29, 1.82) is 0 Å². The molecule has 0 spiro atoms. The fourth-order valence-electron chi connectivity index (χ4n) is 3.08. The number of carbonyl (C=O) groups excluding carboxylic acids is 1. The van der Waals surface area contributed by atoms with E-state index in [1.807, 2.05) is 25.1 Å². The molecule has 0 unspecified atom stereocenters. The van der Waals surface area contributed by atoms with E-state index in [0.29, 0.717) is 13.0 Å². The lowest BCUT2D eigenvalue weighted by molar-refractivity contribution is -0.137. The maximum Gasteiger partial charge on any atom is 0.305 e. The van der Waals surface area contributed by atoms with Gasteiger partial charge in [-0.3, -0.25) is 9.59 Å². The molecule has 0 fully saturated rings. The van der Waals surface area contributed by atoms with Crippen LogP contribution in [0, 0.1) is 0 Å². The molecule has 0 aliphatic heterocycles. The van der Waals surface area contributed by atoms with Crippen LogP contribution in [0.4, 0.5) is 0 Å². The van der Waals surface area contributed by atoms with E-state index in [9.17, 15) is 9.59 Å². The Morgan fingerprint density at radius 1 is 1.00 bits per heavy atom. The van der Waals surface area contributed by atoms with Crippen LogP contribution in [0.5, 0.6) is 0 Å². The summed E-state index contributed by atoms with van der Waals surface area (Å²) >= 11 is 0. The van der Waals surface area contributed by atoms with Gasteiger partial charge in [0.25, 0.3) is 0 Å². The Morgan fingerprint density at radius 2 is 1.62 bits per heavy atom. The molecule has 0 aliphatic rings. The molecule has 1 aromatic rings. The Labute approximate surface area is 157 Å². The van der Waals surface area contributed by atoms with Gasteiger partial charge in [-0.1, -0.05) is 56.0 Å². The summed E-state index contributed by atoms with van der Waals surface area (Å²) in [6.07, 6.45) is 8.30. The molecule has 146 valence electrons. The number of rotatable bonds is 14. The normalized spacial score (nSPS) is 12.1. The van der Waals surface area contributed by atoms with Crippen LogP contribution in [0.25, 0.3) is 0 Å². The third kappa shape index (κ3) is 11.6. The molecular formula is C21H34N2O3.